The summed E-state index contributed by atoms with van der Waals surface area (Å²) in [5.74, 6) is 1.89. The van der Waals surface area contributed by atoms with Crippen molar-refractivity contribution < 1.29 is 14.3 Å². The average Bonchev–Trinajstić information content (AvgIpc) is 2.41. The first-order valence-electron chi connectivity index (χ1n) is 7.06. The Kier molecular flexibility index (Phi) is 13.0. The van der Waals surface area contributed by atoms with Crippen molar-refractivity contribution in [2.75, 3.05) is 24.7 Å². The van der Waals surface area contributed by atoms with Gasteiger partial charge in [-0.15, -0.1) is 0 Å². The van der Waals surface area contributed by atoms with E-state index in [1.165, 1.54) is 0 Å². The maximum atomic E-state index is 11.9. The Labute approximate surface area is 129 Å². The molecule has 0 aliphatic heterocycles. The zero-order valence-electron chi connectivity index (χ0n) is 12.4. The molecule has 0 saturated carbocycles. The van der Waals surface area contributed by atoms with Crippen LogP contribution in [0.25, 0.3) is 0 Å². The Morgan fingerprint density at radius 2 is 1.75 bits per heavy atom. The van der Waals surface area contributed by atoms with Crippen LogP contribution in [0, 0.1) is 5.92 Å². The summed E-state index contributed by atoms with van der Waals surface area (Å²) in [4.78, 5) is 22.3. The van der Waals surface area contributed by atoms with Crippen LogP contribution in [0.15, 0.2) is 0 Å². The maximum absolute atomic E-state index is 11.9. The number of nitrogens with one attached hydrogen (secondary N) is 1. The molecule has 0 rings (SSSR count). The van der Waals surface area contributed by atoms with Crippen molar-refractivity contribution in [1.82, 2.24) is 5.32 Å². The van der Waals surface area contributed by atoms with Crippen molar-refractivity contribution in [3.05, 3.63) is 0 Å². The van der Waals surface area contributed by atoms with E-state index in [2.05, 4.69) is 23.9 Å². The van der Waals surface area contributed by atoms with Gasteiger partial charge in [-0.3, -0.25) is 4.79 Å². The van der Waals surface area contributed by atoms with Gasteiger partial charge >= 0.3 is 6.09 Å². The summed E-state index contributed by atoms with van der Waals surface area (Å²) in [7, 11) is 3.26. The molecule has 0 aromatic rings. The predicted molar refractivity (Wildman–Crippen MR) is 86.8 cm³/mol. The minimum atomic E-state index is -0.735. The van der Waals surface area contributed by atoms with Crippen molar-refractivity contribution in [2.45, 2.75) is 39.5 Å². The van der Waals surface area contributed by atoms with E-state index in [-0.39, 0.29) is 11.8 Å². The molecule has 0 spiro atoms. The summed E-state index contributed by atoms with van der Waals surface area (Å²) < 4.78 is 4.61. The first-order valence-corrected chi connectivity index (χ1v) is 9.54. The van der Waals surface area contributed by atoms with Gasteiger partial charge in [-0.05, 0) is 12.8 Å². The average molecular weight is 322 g/mol. The van der Waals surface area contributed by atoms with Gasteiger partial charge < -0.3 is 15.8 Å². The monoisotopic (exact) mass is 322 g/mol. The Bertz CT molecular complexity index is 272. The molecule has 118 valence electrons. The molecule has 0 aromatic carbocycles. The van der Waals surface area contributed by atoms with Crippen LogP contribution in [0.4, 0.5) is 4.79 Å². The number of hydrogen-bond donors (Lipinski definition) is 2. The molecule has 0 unspecified atom stereocenters. The van der Waals surface area contributed by atoms with Gasteiger partial charge in [0.15, 0.2) is 0 Å². The first-order chi connectivity index (χ1) is 9.61. The van der Waals surface area contributed by atoms with Gasteiger partial charge in [0.2, 0.25) is 5.91 Å². The smallest absolute Gasteiger partial charge is 0.404 e. The van der Waals surface area contributed by atoms with E-state index in [1.807, 2.05) is 0 Å². The molecule has 0 aromatic heterocycles. The molecule has 0 atom stereocenters. The second-order valence-electron chi connectivity index (χ2n) is 4.38. The molecule has 3 N–H and O–H groups in total. The highest BCUT2D eigenvalue weighted by atomic mass is 33.1. The van der Waals surface area contributed by atoms with E-state index < -0.39 is 6.09 Å². The first kappa shape index (κ1) is 19.4. The normalized spacial score (nSPS) is 10.6. The summed E-state index contributed by atoms with van der Waals surface area (Å²) in [5.41, 5.74) is 4.84. The molecular weight excluding hydrogens is 296 g/mol. The number of hydrogen-bond acceptors (Lipinski definition) is 5. The van der Waals surface area contributed by atoms with Crippen LogP contribution < -0.4 is 11.1 Å². The van der Waals surface area contributed by atoms with Crippen molar-refractivity contribution >= 4 is 33.6 Å². The van der Waals surface area contributed by atoms with Gasteiger partial charge in [-0.2, -0.15) is 0 Å². The summed E-state index contributed by atoms with van der Waals surface area (Å²) in [6.07, 6.45) is 3.28. The van der Waals surface area contributed by atoms with Crippen molar-refractivity contribution in [3.63, 3.8) is 0 Å². The number of primary amides is 1. The van der Waals surface area contributed by atoms with E-state index >= 15 is 0 Å². The molecule has 0 aliphatic carbocycles. The van der Waals surface area contributed by atoms with Gasteiger partial charge in [-0.1, -0.05) is 48.3 Å². The van der Waals surface area contributed by atoms with Crippen LogP contribution >= 0.6 is 21.6 Å². The molecule has 0 radical (unpaired) electrons. The molecule has 5 nitrogen and oxygen atoms in total. The van der Waals surface area contributed by atoms with Gasteiger partial charge in [0.25, 0.3) is 0 Å². The van der Waals surface area contributed by atoms with Crippen LogP contribution in [0.2, 0.25) is 0 Å². The maximum Gasteiger partial charge on any atom is 0.404 e. The molecule has 2 amide bonds. The molecule has 0 fully saturated rings. The summed E-state index contributed by atoms with van der Waals surface area (Å²) in [5, 5.41) is 2.98. The molecule has 20 heavy (non-hydrogen) atoms. The van der Waals surface area contributed by atoms with E-state index in [0.29, 0.717) is 18.9 Å². The van der Waals surface area contributed by atoms with Crippen molar-refractivity contribution in [2.24, 2.45) is 11.7 Å². The lowest BCUT2D eigenvalue weighted by Crippen LogP contribution is -2.32. The lowest BCUT2D eigenvalue weighted by Gasteiger charge is -2.14. The number of carbonyl (C=O) groups is 2. The minimum Gasteiger partial charge on any atom is -0.449 e. The van der Waals surface area contributed by atoms with E-state index in [0.717, 1.165) is 31.4 Å². The Hall–Kier alpha value is -0.560. The van der Waals surface area contributed by atoms with Gasteiger partial charge in [-0.25, -0.2) is 4.79 Å². The number of carbonyl (C=O) groups excluding carboxylic acids is 2. The fraction of sp³-hybridized carbons (Fsp3) is 0.846. The largest absolute Gasteiger partial charge is 0.449 e. The van der Waals surface area contributed by atoms with Crippen LogP contribution in [0.1, 0.15) is 39.5 Å². The van der Waals surface area contributed by atoms with Crippen molar-refractivity contribution in [3.8, 4) is 0 Å². The lowest BCUT2D eigenvalue weighted by molar-refractivity contribution is -0.125. The zero-order valence-corrected chi connectivity index (χ0v) is 14.0. The molecule has 0 aliphatic rings. The quantitative estimate of drug-likeness (QED) is 0.426. The summed E-state index contributed by atoms with van der Waals surface area (Å²) >= 11 is 0. The van der Waals surface area contributed by atoms with Crippen LogP contribution in [0.5, 0.6) is 0 Å². The fourth-order valence-corrected chi connectivity index (χ4v) is 3.49. The highest BCUT2D eigenvalue weighted by Crippen LogP contribution is 2.20. The second kappa shape index (κ2) is 13.4. The van der Waals surface area contributed by atoms with Gasteiger partial charge in [0, 0.05) is 24.0 Å². The van der Waals surface area contributed by atoms with Crippen LogP contribution in [0.3, 0.4) is 0 Å². The number of rotatable bonds is 12. The Morgan fingerprint density at radius 3 is 2.30 bits per heavy atom. The molecular formula is C13H26N2O3S2. The second-order valence-corrected chi connectivity index (χ2v) is 7.08. The Balaban J connectivity index is 3.52. The van der Waals surface area contributed by atoms with Gasteiger partial charge in [0.1, 0.15) is 6.61 Å². The van der Waals surface area contributed by atoms with Crippen LogP contribution in [-0.2, 0) is 9.53 Å². The van der Waals surface area contributed by atoms with Crippen molar-refractivity contribution in [1.29, 1.82) is 0 Å². The SMILES string of the molecule is CCCC(CCC)C(=O)NCCSSCCOC(N)=O. The third kappa shape index (κ3) is 11.3. The van der Waals surface area contributed by atoms with Crippen LogP contribution in [-0.4, -0.2) is 36.7 Å². The molecule has 0 saturated heterocycles. The Morgan fingerprint density at radius 1 is 1.15 bits per heavy atom. The lowest BCUT2D eigenvalue weighted by atomic mass is 9.97. The number of ether oxygens (including phenoxy) is 1. The summed E-state index contributed by atoms with van der Waals surface area (Å²) in [6, 6.07) is 0. The fourth-order valence-electron chi connectivity index (χ4n) is 1.76. The molecule has 0 bridgehead atoms. The van der Waals surface area contributed by atoms with E-state index in [4.69, 9.17) is 5.73 Å². The van der Waals surface area contributed by atoms with Gasteiger partial charge in [0.05, 0.1) is 0 Å². The zero-order chi connectivity index (χ0) is 15.2. The molecule has 0 heterocycles. The number of amides is 2. The number of nitrogens with two attached hydrogens (primary N) is 1. The van der Waals surface area contributed by atoms with E-state index in [9.17, 15) is 9.59 Å². The highest BCUT2D eigenvalue weighted by molar-refractivity contribution is 8.76. The highest BCUT2D eigenvalue weighted by Gasteiger charge is 2.15. The molecule has 7 heteroatoms. The third-order valence-electron chi connectivity index (χ3n) is 2.62. The standard InChI is InChI=1S/C13H26N2O3S2/c1-3-5-11(6-4-2)12(16)15-7-9-19-20-10-8-18-13(14)17/h11H,3-10H2,1-2H3,(H2,14,17)(H,15,16). The minimum absolute atomic E-state index is 0.159. The summed E-state index contributed by atoms with van der Waals surface area (Å²) in [6.45, 7) is 5.22. The topological polar surface area (TPSA) is 81.4 Å². The predicted octanol–water partition coefficient (Wildman–Crippen LogP) is 2.80. The third-order valence-corrected chi connectivity index (χ3v) is 4.99. The van der Waals surface area contributed by atoms with E-state index in [1.54, 1.807) is 21.6 Å².